The van der Waals surface area contributed by atoms with Crippen LogP contribution < -0.4 is 11.2 Å². The van der Waals surface area contributed by atoms with Crippen LogP contribution in [0.3, 0.4) is 0 Å². The molecule has 7 nitrogen and oxygen atoms in total. The molecule has 0 aliphatic heterocycles. The van der Waals surface area contributed by atoms with Gasteiger partial charge in [0, 0.05) is 0 Å². The molecule has 116 valence electrons. The van der Waals surface area contributed by atoms with E-state index in [1.807, 2.05) is 0 Å². The number of nitrogens with one attached hydrogen (secondary N) is 1. The summed E-state index contributed by atoms with van der Waals surface area (Å²) in [7, 11) is 0. The highest BCUT2D eigenvalue weighted by molar-refractivity contribution is 5.75. The number of hydrogen-bond acceptors (Lipinski definition) is 5. The molecule has 0 aromatic heterocycles. The van der Waals surface area contributed by atoms with Gasteiger partial charge in [0.1, 0.15) is 6.04 Å². The first-order chi connectivity index (χ1) is 10.1. The van der Waals surface area contributed by atoms with Crippen LogP contribution in [0.25, 0.3) is 0 Å². The average Bonchev–Trinajstić information content (AvgIpc) is 2.46. The summed E-state index contributed by atoms with van der Waals surface area (Å²) in [6, 6.07) is 7.36. The second-order valence-corrected chi connectivity index (χ2v) is 4.54. The van der Waals surface area contributed by atoms with Gasteiger partial charge in [-0.05, 0) is 31.4 Å². The molecule has 0 heterocycles. The second-order valence-electron chi connectivity index (χ2n) is 4.54. The molecule has 1 aromatic rings. The fourth-order valence-corrected chi connectivity index (χ4v) is 1.76. The fourth-order valence-electron chi connectivity index (χ4n) is 1.76. The van der Waals surface area contributed by atoms with Crippen molar-refractivity contribution in [1.29, 1.82) is 0 Å². The first-order valence-corrected chi connectivity index (χ1v) is 6.68. The summed E-state index contributed by atoms with van der Waals surface area (Å²) in [4.78, 5) is 27.4. The van der Waals surface area contributed by atoms with E-state index in [-0.39, 0.29) is 0 Å². The van der Waals surface area contributed by atoms with Gasteiger partial charge in [-0.2, -0.15) is 5.48 Å². The van der Waals surface area contributed by atoms with Crippen molar-refractivity contribution in [3.8, 4) is 0 Å². The molecule has 0 aliphatic rings. The van der Waals surface area contributed by atoms with Crippen LogP contribution in [0.4, 0.5) is 0 Å². The zero-order chi connectivity index (χ0) is 15.7. The maximum Gasteiger partial charge on any atom is 0.339 e. The van der Waals surface area contributed by atoms with Crippen molar-refractivity contribution >= 4 is 11.9 Å². The van der Waals surface area contributed by atoms with E-state index in [9.17, 15) is 9.59 Å². The maximum absolute atomic E-state index is 11.2. The van der Waals surface area contributed by atoms with Crippen molar-refractivity contribution in [2.75, 3.05) is 6.54 Å². The minimum atomic E-state index is -1.26. The van der Waals surface area contributed by atoms with E-state index in [1.165, 1.54) is 0 Å². The third-order valence-corrected chi connectivity index (χ3v) is 2.90. The van der Waals surface area contributed by atoms with Crippen molar-refractivity contribution < 1.29 is 24.6 Å². The van der Waals surface area contributed by atoms with Crippen molar-refractivity contribution in [3.05, 3.63) is 35.9 Å². The van der Waals surface area contributed by atoms with E-state index in [0.717, 1.165) is 0 Å². The number of unbranched alkanes of at least 4 members (excludes halogenated alkanes) is 1. The van der Waals surface area contributed by atoms with Crippen LogP contribution in [0.15, 0.2) is 30.3 Å². The molecule has 0 aliphatic carbocycles. The number of hydrogen-bond donors (Lipinski definition) is 4. The van der Waals surface area contributed by atoms with E-state index in [4.69, 9.17) is 20.8 Å². The number of aliphatic carboxylic acids is 2. The molecule has 7 heteroatoms. The molecule has 1 unspecified atom stereocenters. The molecule has 0 amide bonds. The predicted octanol–water partition coefficient (Wildman–Crippen LogP) is 0.916. The van der Waals surface area contributed by atoms with E-state index < -0.39 is 24.1 Å². The summed E-state index contributed by atoms with van der Waals surface area (Å²) in [5.74, 6) is -2.29. The molecule has 0 bridgehead atoms. The Morgan fingerprint density at radius 3 is 2.33 bits per heavy atom. The van der Waals surface area contributed by atoms with Crippen molar-refractivity contribution in [2.24, 2.45) is 5.73 Å². The Balaban J connectivity index is 2.62. The molecule has 1 rings (SSSR count). The molecular weight excluding hydrogens is 276 g/mol. The van der Waals surface area contributed by atoms with Gasteiger partial charge in [-0.3, -0.25) is 9.63 Å². The van der Waals surface area contributed by atoms with Gasteiger partial charge in [-0.1, -0.05) is 30.3 Å². The predicted molar refractivity (Wildman–Crippen MR) is 75.4 cm³/mol. The van der Waals surface area contributed by atoms with Gasteiger partial charge in [-0.15, -0.1) is 0 Å². The van der Waals surface area contributed by atoms with E-state index >= 15 is 0 Å². The molecule has 5 N–H and O–H groups in total. The molecule has 1 aromatic carbocycles. The standard InChI is InChI=1S/C14H20N2O5/c15-9-5-4-8-11(13(17)18)16-21-12(14(19)20)10-6-2-1-3-7-10/h1-3,6-7,11-12,16H,4-5,8-9,15H2,(H,17,18)(H,19,20)/t11-,12?/m0/s1. The minimum absolute atomic E-state index is 0.313. The van der Waals surface area contributed by atoms with Crippen LogP contribution in [0.5, 0.6) is 0 Å². The Morgan fingerprint density at radius 1 is 1.14 bits per heavy atom. The Morgan fingerprint density at radius 2 is 1.81 bits per heavy atom. The van der Waals surface area contributed by atoms with Gasteiger partial charge in [0.15, 0.2) is 0 Å². The third-order valence-electron chi connectivity index (χ3n) is 2.90. The highest BCUT2D eigenvalue weighted by Gasteiger charge is 2.24. The maximum atomic E-state index is 11.2. The number of carboxylic acids is 2. The first-order valence-electron chi connectivity index (χ1n) is 6.68. The van der Waals surface area contributed by atoms with Gasteiger partial charge < -0.3 is 15.9 Å². The SMILES string of the molecule is NCCCC[C@H](NOC(C(=O)O)c1ccccc1)C(=O)O. The van der Waals surface area contributed by atoms with Gasteiger partial charge in [0.2, 0.25) is 6.10 Å². The van der Waals surface area contributed by atoms with E-state index in [2.05, 4.69) is 5.48 Å². The summed E-state index contributed by atoms with van der Waals surface area (Å²) in [5.41, 5.74) is 8.12. The van der Waals surface area contributed by atoms with Gasteiger partial charge in [-0.25, -0.2) is 4.79 Å². The van der Waals surface area contributed by atoms with Crippen LogP contribution in [0.1, 0.15) is 30.9 Å². The molecule has 0 fully saturated rings. The lowest BCUT2D eigenvalue weighted by Crippen LogP contribution is -2.38. The Kier molecular flexibility index (Phi) is 7.38. The molecule has 21 heavy (non-hydrogen) atoms. The normalized spacial score (nSPS) is 13.6. The lowest BCUT2D eigenvalue weighted by molar-refractivity contribution is -0.164. The number of nitrogens with two attached hydrogens (primary N) is 1. The lowest BCUT2D eigenvalue weighted by Gasteiger charge is -2.18. The third kappa shape index (κ3) is 5.90. The quantitative estimate of drug-likeness (QED) is 0.374. The van der Waals surface area contributed by atoms with Gasteiger partial charge >= 0.3 is 11.9 Å². The smallest absolute Gasteiger partial charge is 0.339 e. The highest BCUT2D eigenvalue weighted by Crippen LogP contribution is 2.16. The zero-order valence-electron chi connectivity index (χ0n) is 11.6. The van der Waals surface area contributed by atoms with Gasteiger partial charge in [0.05, 0.1) is 0 Å². The molecule has 2 atom stereocenters. The topological polar surface area (TPSA) is 122 Å². The van der Waals surface area contributed by atoms with Crippen LogP contribution in [-0.2, 0) is 14.4 Å². The summed E-state index contributed by atoms with van der Waals surface area (Å²) in [6.45, 7) is 0.481. The molecule has 0 radical (unpaired) electrons. The minimum Gasteiger partial charge on any atom is -0.480 e. The average molecular weight is 296 g/mol. The fraction of sp³-hybridized carbons (Fsp3) is 0.429. The number of carboxylic acid groups (broad SMARTS) is 2. The highest BCUT2D eigenvalue weighted by atomic mass is 16.7. The second kappa shape index (κ2) is 9.06. The van der Waals surface area contributed by atoms with Crippen LogP contribution in [0, 0.1) is 0 Å². The largest absolute Gasteiger partial charge is 0.480 e. The Hall–Kier alpha value is -1.96. The van der Waals surface area contributed by atoms with E-state index in [0.29, 0.717) is 31.4 Å². The number of benzene rings is 1. The molecule has 0 saturated heterocycles. The number of carbonyl (C=O) groups is 2. The summed E-state index contributed by atoms with van der Waals surface area (Å²) < 4.78 is 0. The monoisotopic (exact) mass is 296 g/mol. The Bertz CT molecular complexity index is 452. The van der Waals surface area contributed by atoms with Crippen molar-refractivity contribution in [3.63, 3.8) is 0 Å². The Labute approximate surface area is 122 Å². The van der Waals surface area contributed by atoms with Crippen molar-refractivity contribution in [2.45, 2.75) is 31.4 Å². The van der Waals surface area contributed by atoms with Gasteiger partial charge in [0.25, 0.3) is 0 Å². The summed E-state index contributed by atoms with van der Waals surface area (Å²) >= 11 is 0. The molecular formula is C14H20N2O5. The van der Waals surface area contributed by atoms with Crippen molar-refractivity contribution in [1.82, 2.24) is 5.48 Å². The first kappa shape index (κ1) is 17.1. The van der Waals surface area contributed by atoms with Crippen LogP contribution >= 0.6 is 0 Å². The van der Waals surface area contributed by atoms with E-state index in [1.54, 1.807) is 30.3 Å². The zero-order valence-corrected chi connectivity index (χ0v) is 11.6. The number of hydroxylamine groups is 1. The molecule has 0 spiro atoms. The van der Waals surface area contributed by atoms with Crippen LogP contribution in [-0.4, -0.2) is 34.7 Å². The van der Waals surface area contributed by atoms with Crippen LogP contribution in [0.2, 0.25) is 0 Å². The number of rotatable bonds is 10. The summed E-state index contributed by atoms with van der Waals surface area (Å²) in [6.07, 6.45) is 0.370. The lowest BCUT2D eigenvalue weighted by atomic mass is 10.1. The summed E-state index contributed by atoms with van der Waals surface area (Å²) in [5, 5.41) is 18.2. The molecule has 0 saturated carbocycles.